The molecular weight excluding hydrogens is 262 g/mol. The van der Waals surface area contributed by atoms with E-state index >= 15 is 0 Å². The summed E-state index contributed by atoms with van der Waals surface area (Å²) in [7, 11) is 1.71. The average molecular weight is 291 g/mol. The van der Waals surface area contributed by atoms with Crippen LogP contribution in [0.5, 0.6) is 11.5 Å². The first-order valence-electron chi connectivity index (χ1n) is 8.28. The minimum atomic E-state index is 0.561. The quantitative estimate of drug-likeness (QED) is 0.818. The molecule has 0 aliphatic heterocycles. The van der Waals surface area contributed by atoms with Gasteiger partial charge in [-0.1, -0.05) is 31.4 Å². The molecule has 1 aromatic carbocycles. The smallest absolute Gasteiger partial charge is 0.165 e. The molecule has 1 N–H and O–H groups in total. The molecule has 1 unspecified atom stereocenters. The Labute approximate surface area is 129 Å². The first-order valence-corrected chi connectivity index (χ1v) is 8.28. The van der Waals surface area contributed by atoms with Crippen LogP contribution in [-0.2, 0) is 6.54 Å². The Kier molecular flexibility index (Phi) is 6.37. The van der Waals surface area contributed by atoms with Crippen molar-refractivity contribution in [2.24, 2.45) is 5.92 Å². The Morgan fingerprint density at radius 2 is 2.00 bits per heavy atom. The van der Waals surface area contributed by atoms with E-state index in [2.05, 4.69) is 18.3 Å². The highest BCUT2D eigenvalue weighted by molar-refractivity contribution is 5.46. The lowest BCUT2D eigenvalue weighted by Gasteiger charge is -2.28. The average Bonchev–Trinajstić information content (AvgIpc) is 2.54. The van der Waals surface area contributed by atoms with Crippen molar-refractivity contribution < 1.29 is 9.47 Å². The van der Waals surface area contributed by atoms with E-state index in [0.717, 1.165) is 24.0 Å². The number of para-hydroxylation sites is 1. The van der Waals surface area contributed by atoms with Crippen LogP contribution in [0.1, 0.15) is 51.5 Å². The van der Waals surface area contributed by atoms with Crippen molar-refractivity contribution in [3.8, 4) is 11.5 Å². The predicted octanol–water partition coefficient (Wildman–Crippen LogP) is 4.15. The van der Waals surface area contributed by atoms with Crippen molar-refractivity contribution in [3.63, 3.8) is 0 Å². The van der Waals surface area contributed by atoms with E-state index in [4.69, 9.17) is 9.47 Å². The second-order valence-electron chi connectivity index (χ2n) is 5.95. The molecule has 0 aromatic heterocycles. The van der Waals surface area contributed by atoms with Gasteiger partial charge in [-0.25, -0.2) is 0 Å². The molecule has 1 aromatic rings. The topological polar surface area (TPSA) is 30.5 Å². The summed E-state index contributed by atoms with van der Waals surface area (Å²) in [5.74, 6) is 2.52. The number of nitrogens with one attached hydrogen (secondary N) is 1. The van der Waals surface area contributed by atoms with Crippen LogP contribution in [0.2, 0.25) is 0 Å². The Morgan fingerprint density at radius 1 is 1.24 bits per heavy atom. The van der Waals surface area contributed by atoms with Crippen LogP contribution in [0.4, 0.5) is 0 Å². The van der Waals surface area contributed by atoms with Gasteiger partial charge in [-0.15, -0.1) is 0 Å². The first kappa shape index (κ1) is 16.2. The SMILES string of the molecule is CCOc1cccc(CNC(C)C2CCCCC2)c1OC. The number of hydrogen-bond acceptors (Lipinski definition) is 3. The van der Waals surface area contributed by atoms with Crippen LogP contribution in [0.3, 0.4) is 0 Å². The number of benzene rings is 1. The molecule has 0 radical (unpaired) electrons. The summed E-state index contributed by atoms with van der Waals surface area (Å²) < 4.78 is 11.2. The summed E-state index contributed by atoms with van der Waals surface area (Å²) in [4.78, 5) is 0. The van der Waals surface area contributed by atoms with E-state index in [1.54, 1.807) is 7.11 Å². The van der Waals surface area contributed by atoms with Gasteiger partial charge in [0.05, 0.1) is 13.7 Å². The molecule has 118 valence electrons. The molecule has 0 amide bonds. The molecule has 0 saturated heterocycles. The molecule has 1 aliphatic rings. The summed E-state index contributed by atoms with van der Waals surface area (Å²) in [5.41, 5.74) is 1.17. The van der Waals surface area contributed by atoms with Gasteiger partial charge in [0.25, 0.3) is 0 Å². The number of hydrogen-bond donors (Lipinski definition) is 1. The second kappa shape index (κ2) is 8.28. The van der Waals surface area contributed by atoms with Gasteiger partial charge in [0, 0.05) is 18.2 Å². The van der Waals surface area contributed by atoms with Crippen LogP contribution in [0.15, 0.2) is 18.2 Å². The summed E-state index contributed by atoms with van der Waals surface area (Å²) in [6, 6.07) is 6.68. The van der Waals surface area contributed by atoms with Crippen LogP contribution in [-0.4, -0.2) is 19.8 Å². The van der Waals surface area contributed by atoms with Crippen molar-refractivity contribution in [2.45, 2.75) is 58.5 Å². The third-order valence-corrected chi connectivity index (χ3v) is 4.54. The molecule has 3 nitrogen and oxygen atoms in total. The highest BCUT2D eigenvalue weighted by atomic mass is 16.5. The first-order chi connectivity index (χ1) is 10.3. The van der Waals surface area contributed by atoms with Gasteiger partial charge in [0.1, 0.15) is 0 Å². The molecule has 2 rings (SSSR count). The fourth-order valence-corrected chi connectivity index (χ4v) is 3.27. The maximum atomic E-state index is 5.64. The van der Waals surface area contributed by atoms with Crippen LogP contribution in [0.25, 0.3) is 0 Å². The molecule has 1 atom stereocenters. The number of ether oxygens (including phenoxy) is 2. The van der Waals surface area contributed by atoms with E-state index < -0.39 is 0 Å². The minimum Gasteiger partial charge on any atom is -0.493 e. The minimum absolute atomic E-state index is 0.561. The monoisotopic (exact) mass is 291 g/mol. The maximum Gasteiger partial charge on any atom is 0.165 e. The fourth-order valence-electron chi connectivity index (χ4n) is 3.27. The zero-order valence-corrected chi connectivity index (χ0v) is 13.7. The van der Waals surface area contributed by atoms with Crippen molar-refractivity contribution in [1.82, 2.24) is 5.32 Å². The third kappa shape index (κ3) is 4.37. The van der Waals surface area contributed by atoms with E-state index in [0.29, 0.717) is 12.6 Å². The molecule has 0 bridgehead atoms. The molecule has 0 heterocycles. The van der Waals surface area contributed by atoms with Gasteiger partial charge in [-0.2, -0.15) is 0 Å². The van der Waals surface area contributed by atoms with Gasteiger partial charge in [0.2, 0.25) is 0 Å². The lowest BCUT2D eigenvalue weighted by atomic mass is 9.84. The van der Waals surface area contributed by atoms with Gasteiger partial charge < -0.3 is 14.8 Å². The Bertz CT molecular complexity index is 427. The Hall–Kier alpha value is -1.22. The summed E-state index contributed by atoms with van der Waals surface area (Å²) in [5, 5.41) is 3.68. The molecule has 1 aliphatic carbocycles. The van der Waals surface area contributed by atoms with E-state index in [9.17, 15) is 0 Å². The molecule has 0 spiro atoms. The zero-order valence-electron chi connectivity index (χ0n) is 13.7. The van der Waals surface area contributed by atoms with E-state index in [1.165, 1.54) is 37.7 Å². The third-order valence-electron chi connectivity index (χ3n) is 4.54. The van der Waals surface area contributed by atoms with E-state index in [1.807, 2.05) is 19.1 Å². The zero-order chi connectivity index (χ0) is 15.1. The van der Waals surface area contributed by atoms with Crippen LogP contribution < -0.4 is 14.8 Å². The number of methoxy groups -OCH3 is 1. The molecule has 21 heavy (non-hydrogen) atoms. The predicted molar refractivity (Wildman–Crippen MR) is 87.0 cm³/mol. The standard InChI is InChI=1S/C18H29NO2/c1-4-21-17-12-8-11-16(18(17)20-3)13-19-14(2)15-9-6-5-7-10-15/h8,11-12,14-15,19H,4-7,9-10,13H2,1-3H3. The van der Waals surface area contributed by atoms with Crippen molar-refractivity contribution in [2.75, 3.05) is 13.7 Å². The van der Waals surface area contributed by atoms with Crippen LogP contribution >= 0.6 is 0 Å². The van der Waals surface area contributed by atoms with Gasteiger partial charge >= 0.3 is 0 Å². The lowest BCUT2D eigenvalue weighted by molar-refractivity contribution is 0.278. The fraction of sp³-hybridized carbons (Fsp3) is 0.667. The molecule has 1 saturated carbocycles. The van der Waals surface area contributed by atoms with Crippen LogP contribution in [0, 0.1) is 5.92 Å². The Balaban J connectivity index is 1.97. The molecule has 1 fully saturated rings. The summed E-state index contributed by atoms with van der Waals surface area (Å²) >= 11 is 0. The highest BCUT2D eigenvalue weighted by Crippen LogP contribution is 2.31. The summed E-state index contributed by atoms with van der Waals surface area (Å²) in [6.07, 6.45) is 6.92. The molecule has 3 heteroatoms. The lowest BCUT2D eigenvalue weighted by Crippen LogP contribution is -2.34. The highest BCUT2D eigenvalue weighted by Gasteiger charge is 2.20. The Morgan fingerprint density at radius 3 is 2.67 bits per heavy atom. The van der Waals surface area contributed by atoms with Crippen molar-refractivity contribution in [1.29, 1.82) is 0 Å². The van der Waals surface area contributed by atoms with Crippen molar-refractivity contribution in [3.05, 3.63) is 23.8 Å². The molecular formula is C18H29NO2. The largest absolute Gasteiger partial charge is 0.493 e. The van der Waals surface area contributed by atoms with Gasteiger partial charge in [-0.3, -0.25) is 0 Å². The normalized spacial score (nSPS) is 17.5. The van der Waals surface area contributed by atoms with E-state index in [-0.39, 0.29) is 0 Å². The van der Waals surface area contributed by atoms with Gasteiger partial charge in [0.15, 0.2) is 11.5 Å². The number of rotatable bonds is 7. The van der Waals surface area contributed by atoms with Crippen molar-refractivity contribution >= 4 is 0 Å². The summed E-state index contributed by atoms with van der Waals surface area (Å²) in [6.45, 7) is 5.80. The van der Waals surface area contributed by atoms with Gasteiger partial charge in [-0.05, 0) is 38.7 Å². The second-order valence-corrected chi connectivity index (χ2v) is 5.95. The maximum absolute atomic E-state index is 5.64.